The molecule has 0 aliphatic rings. The van der Waals surface area contributed by atoms with Crippen LogP contribution in [-0.4, -0.2) is 9.55 Å². The van der Waals surface area contributed by atoms with Crippen molar-refractivity contribution in [2.24, 2.45) is 0 Å². The smallest absolute Gasteiger partial charge is 0.132 e. The number of benzene rings is 1. The molecule has 0 spiro atoms. The van der Waals surface area contributed by atoms with Crippen molar-refractivity contribution in [1.29, 1.82) is 0 Å². The molecule has 1 heterocycles. The molecule has 5 heteroatoms. The van der Waals surface area contributed by atoms with E-state index < -0.39 is 11.6 Å². The van der Waals surface area contributed by atoms with Crippen LogP contribution in [0.3, 0.4) is 0 Å². The number of imidazole rings is 1. The summed E-state index contributed by atoms with van der Waals surface area (Å²) < 4.78 is 29.3. The molecule has 0 saturated heterocycles. The maximum Gasteiger partial charge on any atom is 0.132 e. The summed E-state index contributed by atoms with van der Waals surface area (Å²) in [5.74, 6) is 0.351. The molecule has 0 fully saturated rings. The number of hydrogen-bond acceptors (Lipinski definition) is 2. The number of unbranched alkanes of at least 4 members (excludes halogenated alkanes) is 1. The minimum absolute atomic E-state index is 0.115. The van der Waals surface area contributed by atoms with Gasteiger partial charge in [0, 0.05) is 18.0 Å². The molecule has 2 rings (SSSR count). The van der Waals surface area contributed by atoms with Crippen molar-refractivity contribution in [2.75, 3.05) is 5.73 Å². The Morgan fingerprint density at radius 3 is 2.62 bits per heavy atom. The number of nitrogen functional groups attached to an aromatic ring is 1. The highest BCUT2D eigenvalue weighted by Gasteiger charge is 2.20. The van der Waals surface area contributed by atoms with Crippen molar-refractivity contribution in [3.05, 3.63) is 35.7 Å². The molecule has 0 bridgehead atoms. The minimum atomic E-state index is -0.515. The van der Waals surface area contributed by atoms with E-state index >= 15 is 0 Å². The zero-order valence-corrected chi connectivity index (χ0v) is 12.7. The highest BCUT2D eigenvalue weighted by Crippen LogP contribution is 2.31. The van der Waals surface area contributed by atoms with E-state index in [1.54, 1.807) is 0 Å². The predicted octanol–water partition coefficient (Wildman–Crippen LogP) is 4.33. The fraction of sp³-hybridized carbons (Fsp3) is 0.438. The van der Waals surface area contributed by atoms with Gasteiger partial charge in [-0.1, -0.05) is 27.2 Å². The average molecular weight is 293 g/mol. The molecular weight excluding hydrogens is 272 g/mol. The summed E-state index contributed by atoms with van der Waals surface area (Å²) >= 11 is 0. The lowest BCUT2D eigenvalue weighted by molar-refractivity contribution is 0.588. The normalized spacial score (nSPS) is 11.3. The third kappa shape index (κ3) is 3.06. The van der Waals surface area contributed by atoms with E-state index in [1.807, 2.05) is 18.4 Å². The zero-order chi connectivity index (χ0) is 15.6. The highest BCUT2D eigenvalue weighted by molar-refractivity contribution is 5.71. The molecule has 0 aliphatic carbocycles. The van der Waals surface area contributed by atoms with Gasteiger partial charge in [-0.2, -0.15) is 0 Å². The number of rotatable bonds is 5. The molecule has 0 unspecified atom stereocenters. The Balaban J connectivity index is 2.56. The summed E-state index contributed by atoms with van der Waals surface area (Å²) in [5, 5.41) is 0. The Morgan fingerprint density at radius 2 is 2.00 bits per heavy atom. The van der Waals surface area contributed by atoms with Crippen LogP contribution in [0.5, 0.6) is 0 Å². The summed E-state index contributed by atoms with van der Waals surface area (Å²) in [4.78, 5) is 4.47. The SMILES string of the molecule is CCCCn1c(C(C)C)nc(-c2cc(F)ccc2F)c1N. The second-order valence-electron chi connectivity index (χ2n) is 5.49. The number of nitrogens with two attached hydrogens (primary N) is 1. The molecule has 21 heavy (non-hydrogen) atoms. The number of nitrogens with zero attached hydrogens (tertiary/aromatic N) is 2. The standard InChI is InChI=1S/C16H21F2N3/c1-4-5-8-21-15(19)14(20-16(21)10(2)3)12-9-11(17)6-7-13(12)18/h6-7,9-10H,4-5,8,19H2,1-3H3. The summed E-state index contributed by atoms with van der Waals surface area (Å²) in [6.07, 6.45) is 1.99. The molecule has 2 aromatic rings. The van der Waals surface area contributed by atoms with Crippen LogP contribution in [0.15, 0.2) is 18.2 Å². The third-order valence-electron chi connectivity index (χ3n) is 3.47. The van der Waals surface area contributed by atoms with Crippen LogP contribution in [0.25, 0.3) is 11.3 Å². The first-order valence-electron chi connectivity index (χ1n) is 7.27. The monoisotopic (exact) mass is 293 g/mol. The fourth-order valence-corrected chi connectivity index (χ4v) is 2.35. The molecule has 114 valence electrons. The molecule has 3 nitrogen and oxygen atoms in total. The van der Waals surface area contributed by atoms with Crippen LogP contribution in [0.1, 0.15) is 45.4 Å². The Labute approximate surface area is 123 Å². The maximum atomic E-state index is 14.0. The van der Waals surface area contributed by atoms with Crippen molar-refractivity contribution < 1.29 is 8.78 Å². The van der Waals surface area contributed by atoms with Gasteiger partial charge < -0.3 is 10.3 Å². The van der Waals surface area contributed by atoms with E-state index in [9.17, 15) is 8.78 Å². The molecule has 2 N–H and O–H groups in total. The second kappa shape index (κ2) is 6.24. The third-order valence-corrected chi connectivity index (χ3v) is 3.47. The lowest BCUT2D eigenvalue weighted by Gasteiger charge is -2.11. The predicted molar refractivity (Wildman–Crippen MR) is 81.0 cm³/mol. The van der Waals surface area contributed by atoms with Gasteiger partial charge in [-0.05, 0) is 24.6 Å². The van der Waals surface area contributed by atoms with E-state index in [1.165, 1.54) is 0 Å². The van der Waals surface area contributed by atoms with Crippen molar-refractivity contribution in [3.63, 3.8) is 0 Å². The maximum absolute atomic E-state index is 14.0. The minimum Gasteiger partial charge on any atom is -0.383 e. The van der Waals surface area contributed by atoms with Gasteiger partial charge >= 0.3 is 0 Å². The number of halogens is 2. The van der Waals surface area contributed by atoms with Crippen molar-refractivity contribution in [2.45, 2.75) is 46.1 Å². The Kier molecular flexibility index (Phi) is 4.60. The van der Waals surface area contributed by atoms with Crippen molar-refractivity contribution in [3.8, 4) is 11.3 Å². The Morgan fingerprint density at radius 1 is 1.29 bits per heavy atom. The quantitative estimate of drug-likeness (QED) is 0.891. The van der Waals surface area contributed by atoms with Crippen LogP contribution in [0, 0.1) is 11.6 Å². The van der Waals surface area contributed by atoms with Gasteiger partial charge in [0.2, 0.25) is 0 Å². The molecule has 1 aromatic heterocycles. The van der Waals surface area contributed by atoms with Crippen LogP contribution < -0.4 is 5.73 Å². The van der Waals surface area contributed by atoms with E-state index in [-0.39, 0.29) is 11.5 Å². The first-order valence-corrected chi connectivity index (χ1v) is 7.27. The molecular formula is C16H21F2N3. The summed E-state index contributed by atoms with van der Waals surface area (Å²) in [7, 11) is 0. The Bertz CT molecular complexity index is 633. The van der Waals surface area contributed by atoms with Crippen molar-refractivity contribution in [1.82, 2.24) is 9.55 Å². The molecule has 0 atom stereocenters. The lowest BCUT2D eigenvalue weighted by atomic mass is 10.1. The largest absolute Gasteiger partial charge is 0.383 e. The zero-order valence-electron chi connectivity index (χ0n) is 12.7. The van der Waals surface area contributed by atoms with Gasteiger partial charge in [0.25, 0.3) is 0 Å². The number of anilines is 1. The van der Waals surface area contributed by atoms with E-state index in [0.717, 1.165) is 43.4 Å². The first kappa shape index (κ1) is 15.5. The van der Waals surface area contributed by atoms with Gasteiger partial charge in [-0.3, -0.25) is 0 Å². The summed E-state index contributed by atoms with van der Waals surface area (Å²) in [6, 6.07) is 3.33. The van der Waals surface area contributed by atoms with E-state index in [2.05, 4.69) is 11.9 Å². The van der Waals surface area contributed by atoms with Crippen LogP contribution in [0.2, 0.25) is 0 Å². The van der Waals surface area contributed by atoms with Gasteiger partial charge in [0.05, 0.1) is 0 Å². The van der Waals surface area contributed by atoms with Gasteiger partial charge in [-0.15, -0.1) is 0 Å². The highest BCUT2D eigenvalue weighted by atomic mass is 19.1. The average Bonchev–Trinajstić information content (AvgIpc) is 2.76. The fourth-order valence-electron chi connectivity index (χ4n) is 2.35. The van der Waals surface area contributed by atoms with Crippen molar-refractivity contribution >= 4 is 5.82 Å². The van der Waals surface area contributed by atoms with Gasteiger partial charge in [-0.25, -0.2) is 13.8 Å². The lowest BCUT2D eigenvalue weighted by Crippen LogP contribution is -2.08. The van der Waals surface area contributed by atoms with E-state index in [4.69, 9.17) is 5.73 Å². The van der Waals surface area contributed by atoms with E-state index in [0.29, 0.717) is 11.5 Å². The topological polar surface area (TPSA) is 43.8 Å². The molecule has 1 aromatic carbocycles. The number of aromatic nitrogens is 2. The molecule has 0 radical (unpaired) electrons. The van der Waals surface area contributed by atoms with Crippen LogP contribution >= 0.6 is 0 Å². The summed E-state index contributed by atoms with van der Waals surface area (Å²) in [6.45, 7) is 6.85. The van der Waals surface area contributed by atoms with Crippen LogP contribution in [0.4, 0.5) is 14.6 Å². The Hall–Kier alpha value is -1.91. The molecule has 0 aliphatic heterocycles. The molecule has 0 amide bonds. The summed E-state index contributed by atoms with van der Waals surface area (Å²) in [5.41, 5.74) is 6.59. The van der Waals surface area contributed by atoms with Crippen LogP contribution in [-0.2, 0) is 6.54 Å². The second-order valence-corrected chi connectivity index (χ2v) is 5.49. The molecule has 0 saturated carbocycles. The number of hydrogen-bond donors (Lipinski definition) is 1. The first-order chi connectivity index (χ1) is 9.95. The van der Waals surface area contributed by atoms with Gasteiger partial charge in [0.1, 0.15) is 29.0 Å². The van der Waals surface area contributed by atoms with Gasteiger partial charge in [0.15, 0.2) is 0 Å².